The van der Waals surface area contributed by atoms with Gasteiger partial charge in [0.2, 0.25) is 5.91 Å². The molecule has 1 aliphatic rings. The zero-order chi connectivity index (χ0) is 13.4. The normalized spacial score (nSPS) is 25.1. The molecule has 0 bridgehead atoms. The molecule has 0 aromatic rings. The number of carbonyl (C=O) groups excluding carboxylic acids is 1. The number of rotatable bonds is 7. The van der Waals surface area contributed by atoms with Gasteiger partial charge in [-0.15, -0.1) is 0 Å². The molecule has 0 aromatic carbocycles. The van der Waals surface area contributed by atoms with E-state index in [1.165, 1.54) is 6.42 Å². The van der Waals surface area contributed by atoms with Crippen molar-refractivity contribution < 1.29 is 4.79 Å². The zero-order valence-corrected chi connectivity index (χ0v) is 12.2. The van der Waals surface area contributed by atoms with Gasteiger partial charge < -0.3 is 10.6 Å². The maximum atomic E-state index is 11.7. The number of hydrogen-bond donors (Lipinski definition) is 2. The van der Waals surface area contributed by atoms with E-state index >= 15 is 0 Å². The maximum Gasteiger partial charge on any atom is 0.234 e. The molecule has 2 N–H and O–H groups in total. The third-order valence-electron chi connectivity index (χ3n) is 3.59. The van der Waals surface area contributed by atoms with Crippen molar-refractivity contribution >= 4 is 5.91 Å². The Morgan fingerprint density at radius 3 is 2.61 bits per heavy atom. The second-order valence-corrected chi connectivity index (χ2v) is 5.41. The smallest absolute Gasteiger partial charge is 0.234 e. The van der Waals surface area contributed by atoms with E-state index in [0.29, 0.717) is 18.5 Å². The fourth-order valence-corrected chi connectivity index (χ4v) is 2.53. The van der Waals surface area contributed by atoms with Crippen molar-refractivity contribution in [3.8, 4) is 0 Å². The van der Waals surface area contributed by atoms with Gasteiger partial charge in [-0.25, -0.2) is 0 Å². The lowest BCUT2D eigenvalue weighted by atomic mass is 9.93. The van der Waals surface area contributed by atoms with E-state index in [4.69, 9.17) is 0 Å². The molecular weight excluding hydrogens is 226 g/mol. The van der Waals surface area contributed by atoms with Gasteiger partial charge in [-0.3, -0.25) is 9.69 Å². The van der Waals surface area contributed by atoms with Gasteiger partial charge in [0.05, 0.1) is 6.54 Å². The molecule has 0 spiro atoms. The van der Waals surface area contributed by atoms with Gasteiger partial charge in [-0.1, -0.05) is 20.8 Å². The quantitative estimate of drug-likeness (QED) is 0.719. The van der Waals surface area contributed by atoms with Crippen LogP contribution in [0.4, 0.5) is 0 Å². The Morgan fingerprint density at radius 1 is 1.28 bits per heavy atom. The molecule has 0 aromatic heterocycles. The molecule has 1 fully saturated rings. The number of carbonyl (C=O) groups is 1. The SMILES string of the molecule is CCCNC(=O)CN1CCC(NCCC)C(C)C1. The number of likely N-dealkylation sites (tertiary alicyclic amines) is 1. The first-order chi connectivity index (χ1) is 8.67. The highest BCUT2D eigenvalue weighted by Crippen LogP contribution is 2.16. The minimum atomic E-state index is 0.170. The lowest BCUT2D eigenvalue weighted by molar-refractivity contribution is -0.122. The zero-order valence-electron chi connectivity index (χ0n) is 12.2. The molecule has 2 unspecified atom stereocenters. The van der Waals surface area contributed by atoms with Crippen LogP contribution in [0.1, 0.15) is 40.0 Å². The summed E-state index contributed by atoms with van der Waals surface area (Å²) in [7, 11) is 0. The average Bonchev–Trinajstić information content (AvgIpc) is 2.35. The molecule has 2 atom stereocenters. The molecule has 1 amide bonds. The van der Waals surface area contributed by atoms with E-state index in [1.54, 1.807) is 0 Å². The van der Waals surface area contributed by atoms with E-state index in [2.05, 4.69) is 36.3 Å². The van der Waals surface area contributed by atoms with Crippen LogP contribution in [0.3, 0.4) is 0 Å². The molecule has 4 nitrogen and oxygen atoms in total. The van der Waals surface area contributed by atoms with E-state index in [0.717, 1.165) is 39.0 Å². The van der Waals surface area contributed by atoms with Crippen LogP contribution < -0.4 is 10.6 Å². The molecule has 18 heavy (non-hydrogen) atoms. The van der Waals surface area contributed by atoms with Crippen molar-refractivity contribution in [2.45, 2.75) is 46.1 Å². The minimum absolute atomic E-state index is 0.170. The molecule has 1 rings (SSSR count). The fraction of sp³-hybridized carbons (Fsp3) is 0.929. The van der Waals surface area contributed by atoms with E-state index < -0.39 is 0 Å². The van der Waals surface area contributed by atoms with Crippen molar-refractivity contribution in [1.29, 1.82) is 0 Å². The first kappa shape index (κ1) is 15.4. The van der Waals surface area contributed by atoms with Crippen molar-refractivity contribution in [3.63, 3.8) is 0 Å². The van der Waals surface area contributed by atoms with Crippen LogP contribution in [0.25, 0.3) is 0 Å². The standard InChI is InChI=1S/C14H29N3O/c1-4-7-15-13-6-9-17(10-12(13)3)11-14(18)16-8-5-2/h12-13,15H,4-11H2,1-3H3,(H,16,18). The molecule has 0 saturated carbocycles. The third kappa shape index (κ3) is 5.36. The highest BCUT2D eigenvalue weighted by molar-refractivity contribution is 5.77. The Morgan fingerprint density at radius 2 is 2.00 bits per heavy atom. The Hall–Kier alpha value is -0.610. The number of nitrogens with one attached hydrogen (secondary N) is 2. The monoisotopic (exact) mass is 255 g/mol. The molecular formula is C14H29N3O. The van der Waals surface area contributed by atoms with Crippen LogP contribution >= 0.6 is 0 Å². The highest BCUT2D eigenvalue weighted by Gasteiger charge is 2.26. The van der Waals surface area contributed by atoms with E-state index in [-0.39, 0.29) is 5.91 Å². The van der Waals surface area contributed by atoms with Gasteiger partial charge in [-0.2, -0.15) is 0 Å². The molecule has 4 heteroatoms. The number of hydrogen-bond acceptors (Lipinski definition) is 3. The summed E-state index contributed by atoms with van der Waals surface area (Å²) in [4.78, 5) is 13.9. The van der Waals surface area contributed by atoms with Crippen LogP contribution in [0.15, 0.2) is 0 Å². The summed E-state index contributed by atoms with van der Waals surface area (Å²) in [5.41, 5.74) is 0. The van der Waals surface area contributed by atoms with Gasteiger partial charge in [0, 0.05) is 25.7 Å². The number of amides is 1. The second-order valence-electron chi connectivity index (χ2n) is 5.41. The molecule has 1 aliphatic heterocycles. The predicted octanol–water partition coefficient (Wildman–Crippen LogP) is 1.22. The van der Waals surface area contributed by atoms with Crippen molar-refractivity contribution in [1.82, 2.24) is 15.5 Å². The van der Waals surface area contributed by atoms with E-state index in [9.17, 15) is 4.79 Å². The minimum Gasteiger partial charge on any atom is -0.355 e. The molecule has 0 aliphatic carbocycles. The van der Waals surface area contributed by atoms with Gasteiger partial charge in [0.1, 0.15) is 0 Å². The van der Waals surface area contributed by atoms with Crippen LogP contribution in [0, 0.1) is 5.92 Å². The number of piperidine rings is 1. The lowest BCUT2D eigenvalue weighted by Crippen LogP contribution is -2.50. The van der Waals surface area contributed by atoms with Crippen molar-refractivity contribution in [2.24, 2.45) is 5.92 Å². The highest BCUT2D eigenvalue weighted by atomic mass is 16.2. The lowest BCUT2D eigenvalue weighted by Gasteiger charge is -2.37. The Kier molecular flexibility index (Phi) is 7.28. The predicted molar refractivity (Wildman–Crippen MR) is 75.6 cm³/mol. The van der Waals surface area contributed by atoms with Gasteiger partial charge in [-0.05, 0) is 31.7 Å². The second kappa shape index (κ2) is 8.48. The first-order valence-corrected chi connectivity index (χ1v) is 7.39. The summed E-state index contributed by atoms with van der Waals surface area (Å²) < 4.78 is 0. The van der Waals surface area contributed by atoms with Gasteiger partial charge in [0.15, 0.2) is 0 Å². The summed E-state index contributed by atoms with van der Waals surface area (Å²) in [6.45, 7) is 11.1. The average molecular weight is 255 g/mol. The molecule has 1 heterocycles. The van der Waals surface area contributed by atoms with Crippen LogP contribution in [0.5, 0.6) is 0 Å². The summed E-state index contributed by atoms with van der Waals surface area (Å²) in [5, 5.41) is 6.55. The molecule has 0 radical (unpaired) electrons. The Balaban J connectivity index is 2.25. The summed E-state index contributed by atoms with van der Waals surface area (Å²) in [6, 6.07) is 0.625. The van der Waals surface area contributed by atoms with Crippen LogP contribution in [-0.4, -0.2) is 49.6 Å². The van der Waals surface area contributed by atoms with Crippen molar-refractivity contribution in [2.75, 3.05) is 32.7 Å². The van der Waals surface area contributed by atoms with Gasteiger partial charge in [0.25, 0.3) is 0 Å². The fourth-order valence-electron chi connectivity index (χ4n) is 2.53. The maximum absolute atomic E-state index is 11.7. The van der Waals surface area contributed by atoms with Crippen LogP contribution in [0.2, 0.25) is 0 Å². The molecule has 106 valence electrons. The van der Waals surface area contributed by atoms with Crippen molar-refractivity contribution in [3.05, 3.63) is 0 Å². The van der Waals surface area contributed by atoms with Gasteiger partial charge >= 0.3 is 0 Å². The van der Waals surface area contributed by atoms with Crippen LogP contribution in [-0.2, 0) is 4.79 Å². The largest absolute Gasteiger partial charge is 0.355 e. The topological polar surface area (TPSA) is 44.4 Å². The van der Waals surface area contributed by atoms with E-state index in [1.807, 2.05) is 0 Å². The summed E-state index contributed by atoms with van der Waals surface area (Å²) in [6.07, 6.45) is 3.35. The summed E-state index contributed by atoms with van der Waals surface area (Å²) >= 11 is 0. The Bertz CT molecular complexity index is 245. The molecule has 1 saturated heterocycles. The third-order valence-corrected chi connectivity index (χ3v) is 3.59. The Labute approximate surface area is 111 Å². The summed E-state index contributed by atoms with van der Waals surface area (Å²) in [5.74, 6) is 0.799. The first-order valence-electron chi connectivity index (χ1n) is 7.39. The number of nitrogens with zero attached hydrogens (tertiary/aromatic N) is 1.